The van der Waals surface area contributed by atoms with Crippen molar-refractivity contribution in [2.45, 2.75) is 18.2 Å². The number of benzene rings is 1. The van der Waals surface area contributed by atoms with Crippen molar-refractivity contribution in [1.29, 1.82) is 0 Å². The number of carbonyl (C=O) groups excluding carboxylic acids is 1. The van der Waals surface area contributed by atoms with E-state index in [2.05, 4.69) is 15.4 Å². The standard InChI is InChI=1S/C19H19F2N5O4S/c1-12-10-16(17(20)21)26-18(23-12)15(11-22-26)19(27)24-13-2-4-14(5-3-13)31(28,29)25-6-8-30-9-7-25/h2-5,10-11,17H,6-9H2,1H3,(H,24,27). The molecule has 31 heavy (non-hydrogen) atoms. The van der Waals surface area contributed by atoms with Crippen molar-refractivity contribution in [1.82, 2.24) is 18.9 Å². The number of rotatable bonds is 5. The molecular weight excluding hydrogens is 432 g/mol. The van der Waals surface area contributed by atoms with Gasteiger partial charge in [0.25, 0.3) is 12.3 Å². The van der Waals surface area contributed by atoms with Crippen molar-refractivity contribution in [2.75, 3.05) is 31.6 Å². The van der Waals surface area contributed by atoms with Gasteiger partial charge in [0.2, 0.25) is 10.0 Å². The summed E-state index contributed by atoms with van der Waals surface area (Å²) in [6.45, 7) is 2.79. The summed E-state index contributed by atoms with van der Waals surface area (Å²) in [5.41, 5.74) is 0.344. The molecule has 1 aliphatic heterocycles. The average Bonchev–Trinajstić information content (AvgIpc) is 3.18. The molecule has 0 saturated carbocycles. The van der Waals surface area contributed by atoms with Gasteiger partial charge in [-0.05, 0) is 37.3 Å². The van der Waals surface area contributed by atoms with Crippen LogP contribution in [0.5, 0.6) is 0 Å². The summed E-state index contributed by atoms with van der Waals surface area (Å²) >= 11 is 0. The number of carbonyl (C=O) groups is 1. The Balaban J connectivity index is 1.56. The van der Waals surface area contributed by atoms with E-state index in [9.17, 15) is 22.0 Å². The van der Waals surface area contributed by atoms with E-state index < -0.39 is 22.4 Å². The second-order valence-corrected chi connectivity index (χ2v) is 8.85. The minimum Gasteiger partial charge on any atom is -0.379 e. The van der Waals surface area contributed by atoms with Crippen LogP contribution < -0.4 is 5.32 Å². The van der Waals surface area contributed by atoms with Gasteiger partial charge in [-0.25, -0.2) is 26.7 Å². The van der Waals surface area contributed by atoms with Crippen LogP contribution in [0.25, 0.3) is 5.65 Å². The lowest BCUT2D eigenvalue weighted by atomic mass is 10.2. The normalized spacial score (nSPS) is 15.5. The van der Waals surface area contributed by atoms with Crippen molar-refractivity contribution >= 4 is 27.3 Å². The SMILES string of the molecule is Cc1cc(C(F)F)n2ncc(C(=O)Nc3ccc(S(=O)(=O)N4CCOCC4)cc3)c2n1. The Labute approximate surface area is 176 Å². The molecule has 2 aromatic heterocycles. The third kappa shape index (κ3) is 4.13. The molecule has 3 heterocycles. The fourth-order valence-electron chi connectivity index (χ4n) is 3.27. The van der Waals surface area contributed by atoms with E-state index in [4.69, 9.17) is 4.74 Å². The fraction of sp³-hybridized carbons (Fsp3) is 0.316. The predicted molar refractivity (Wildman–Crippen MR) is 107 cm³/mol. The first-order chi connectivity index (χ1) is 14.8. The molecular formula is C19H19F2N5O4S. The first kappa shape index (κ1) is 21.3. The molecule has 1 amide bonds. The van der Waals surface area contributed by atoms with Crippen LogP contribution in [0.15, 0.2) is 41.4 Å². The van der Waals surface area contributed by atoms with Crippen LogP contribution in [0.2, 0.25) is 0 Å². The molecule has 1 fully saturated rings. The van der Waals surface area contributed by atoms with Crippen molar-refractivity contribution < 1.29 is 26.7 Å². The lowest BCUT2D eigenvalue weighted by Crippen LogP contribution is -2.40. The molecule has 1 N–H and O–H groups in total. The number of aromatic nitrogens is 3. The monoisotopic (exact) mass is 451 g/mol. The number of ether oxygens (including phenoxy) is 1. The Morgan fingerprint density at radius 3 is 2.52 bits per heavy atom. The number of morpholine rings is 1. The second-order valence-electron chi connectivity index (χ2n) is 6.91. The first-order valence-corrected chi connectivity index (χ1v) is 10.8. The maximum absolute atomic E-state index is 13.3. The van der Waals surface area contributed by atoms with E-state index in [1.807, 2.05) is 0 Å². The fourth-order valence-corrected chi connectivity index (χ4v) is 4.68. The van der Waals surface area contributed by atoms with Crippen molar-refractivity contribution in [3.63, 3.8) is 0 Å². The highest BCUT2D eigenvalue weighted by atomic mass is 32.2. The third-order valence-electron chi connectivity index (χ3n) is 4.82. The lowest BCUT2D eigenvalue weighted by molar-refractivity contribution is 0.0730. The highest BCUT2D eigenvalue weighted by Gasteiger charge is 2.26. The smallest absolute Gasteiger partial charge is 0.280 e. The first-order valence-electron chi connectivity index (χ1n) is 9.40. The third-order valence-corrected chi connectivity index (χ3v) is 6.73. The van der Waals surface area contributed by atoms with E-state index in [0.29, 0.717) is 24.6 Å². The van der Waals surface area contributed by atoms with Gasteiger partial charge in [0.15, 0.2) is 5.65 Å². The number of anilines is 1. The van der Waals surface area contributed by atoms with Crippen LogP contribution in [0.3, 0.4) is 0 Å². The number of halogens is 2. The number of aryl methyl sites for hydroxylation is 1. The minimum atomic E-state index is -3.65. The molecule has 164 valence electrons. The van der Waals surface area contributed by atoms with Gasteiger partial charge in [-0.15, -0.1) is 0 Å². The molecule has 0 atom stereocenters. The van der Waals surface area contributed by atoms with Gasteiger partial charge in [0.05, 0.1) is 24.3 Å². The summed E-state index contributed by atoms with van der Waals surface area (Å²) in [7, 11) is -3.65. The van der Waals surface area contributed by atoms with Gasteiger partial charge in [0.1, 0.15) is 11.3 Å². The second kappa shape index (κ2) is 8.29. The zero-order chi connectivity index (χ0) is 22.2. The summed E-state index contributed by atoms with van der Waals surface area (Å²) < 4.78 is 59.3. The van der Waals surface area contributed by atoms with Gasteiger partial charge >= 0.3 is 0 Å². The van der Waals surface area contributed by atoms with E-state index >= 15 is 0 Å². The summed E-state index contributed by atoms with van der Waals surface area (Å²) in [6.07, 6.45) is -1.61. The van der Waals surface area contributed by atoms with E-state index in [1.165, 1.54) is 40.8 Å². The van der Waals surface area contributed by atoms with Crippen molar-refractivity contribution in [3.05, 3.63) is 53.5 Å². The quantitative estimate of drug-likeness (QED) is 0.638. The number of amides is 1. The highest BCUT2D eigenvalue weighted by Crippen LogP contribution is 2.23. The largest absolute Gasteiger partial charge is 0.379 e. The topological polar surface area (TPSA) is 106 Å². The van der Waals surface area contributed by atoms with Gasteiger partial charge in [0, 0.05) is 24.5 Å². The number of nitrogens with one attached hydrogen (secondary N) is 1. The molecule has 1 aliphatic rings. The zero-order valence-corrected chi connectivity index (χ0v) is 17.3. The van der Waals surface area contributed by atoms with Crippen molar-refractivity contribution in [2.24, 2.45) is 0 Å². The average molecular weight is 451 g/mol. The number of hydrogen-bond acceptors (Lipinski definition) is 6. The number of sulfonamides is 1. The molecule has 4 rings (SSSR count). The van der Waals surface area contributed by atoms with E-state index in [-0.39, 0.29) is 34.9 Å². The van der Waals surface area contributed by atoms with Crippen LogP contribution in [0, 0.1) is 6.92 Å². The maximum Gasteiger partial charge on any atom is 0.280 e. The maximum atomic E-state index is 13.3. The summed E-state index contributed by atoms with van der Waals surface area (Å²) in [5.74, 6) is -0.600. The molecule has 0 unspecified atom stereocenters. The summed E-state index contributed by atoms with van der Waals surface area (Å²) in [4.78, 5) is 16.9. The number of hydrogen-bond donors (Lipinski definition) is 1. The highest BCUT2D eigenvalue weighted by molar-refractivity contribution is 7.89. The van der Waals surface area contributed by atoms with Crippen LogP contribution in [-0.2, 0) is 14.8 Å². The van der Waals surface area contributed by atoms with Crippen LogP contribution in [0.4, 0.5) is 14.5 Å². The van der Waals surface area contributed by atoms with E-state index in [1.54, 1.807) is 6.92 Å². The molecule has 1 saturated heterocycles. The molecule has 0 spiro atoms. The molecule has 0 bridgehead atoms. The Hall–Kier alpha value is -2.96. The molecule has 1 aromatic carbocycles. The number of fused-ring (bicyclic) bond motifs is 1. The summed E-state index contributed by atoms with van der Waals surface area (Å²) in [5, 5.41) is 6.47. The molecule has 12 heteroatoms. The van der Waals surface area contributed by atoms with Crippen LogP contribution >= 0.6 is 0 Å². The van der Waals surface area contributed by atoms with Gasteiger partial charge < -0.3 is 10.1 Å². The number of alkyl halides is 2. The molecule has 9 nitrogen and oxygen atoms in total. The molecule has 0 aliphatic carbocycles. The van der Waals surface area contributed by atoms with Gasteiger partial charge in [-0.3, -0.25) is 4.79 Å². The lowest BCUT2D eigenvalue weighted by Gasteiger charge is -2.26. The van der Waals surface area contributed by atoms with E-state index in [0.717, 1.165) is 4.52 Å². The van der Waals surface area contributed by atoms with Crippen LogP contribution in [-0.4, -0.2) is 59.5 Å². The Morgan fingerprint density at radius 1 is 1.19 bits per heavy atom. The Morgan fingerprint density at radius 2 is 1.87 bits per heavy atom. The molecule has 3 aromatic rings. The zero-order valence-electron chi connectivity index (χ0n) is 16.5. The van der Waals surface area contributed by atoms with Gasteiger partial charge in [-0.2, -0.15) is 9.40 Å². The van der Waals surface area contributed by atoms with Crippen LogP contribution in [0.1, 0.15) is 28.2 Å². The Bertz CT molecular complexity index is 1220. The Kier molecular flexibility index (Phi) is 5.69. The predicted octanol–water partition coefficient (Wildman–Crippen LogP) is 2.25. The minimum absolute atomic E-state index is 0.0133. The summed E-state index contributed by atoms with van der Waals surface area (Å²) in [6, 6.07) is 6.92. The van der Waals surface area contributed by atoms with Gasteiger partial charge in [-0.1, -0.05) is 0 Å². The molecule has 0 radical (unpaired) electrons. The van der Waals surface area contributed by atoms with Crippen molar-refractivity contribution in [3.8, 4) is 0 Å². The number of nitrogens with zero attached hydrogens (tertiary/aromatic N) is 4.